The van der Waals surface area contributed by atoms with Gasteiger partial charge in [-0.3, -0.25) is 4.79 Å². The molecule has 0 atom stereocenters. The summed E-state index contributed by atoms with van der Waals surface area (Å²) in [4.78, 5) is 22.3. The van der Waals surface area contributed by atoms with Crippen molar-refractivity contribution in [3.05, 3.63) is 34.4 Å². The van der Waals surface area contributed by atoms with Gasteiger partial charge in [-0.1, -0.05) is 0 Å². The molecule has 0 spiro atoms. The topological polar surface area (TPSA) is 67.2 Å². The van der Waals surface area contributed by atoms with Crippen molar-refractivity contribution in [3.8, 4) is 6.07 Å². The van der Waals surface area contributed by atoms with Crippen LogP contribution in [-0.4, -0.2) is 18.9 Å². The van der Waals surface area contributed by atoms with Gasteiger partial charge in [0, 0.05) is 5.56 Å². The van der Waals surface area contributed by atoms with Crippen molar-refractivity contribution in [1.82, 2.24) is 0 Å². The molecule has 0 N–H and O–H groups in total. The Balaban J connectivity index is 3.37. The van der Waals surface area contributed by atoms with Crippen LogP contribution in [0.1, 0.15) is 38.8 Å². The molecule has 0 aromatic heterocycles. The van der Waals surface area contributed by atoms with Gasteiger partial charge in [-0.05, 0) is 31.5 Å². The minimum atomic E-state index is -0.578. The Hall–Kier alpha value is -2.15. The van der Waals surface area contributed by atoms with Crippen LogP contribution < -0.4 is 0 Å². The lowest BCUT2D eigenvalue weighted by Gasteiger charge is -2.06. The van der Waals surface area contributed by atoms with Crippen LogP contribution in [0.25, 0.3) is 0 Å². The minimum Gasteiger partial charge on any atom is -0.462 e. The first kappa shape index (κ1) is 11.9. The third kappa shape index (κ3) is 2.26. The quantitative estimate of drug-likeness (QED) is 0.572. The molecule has 0 saturated carbocycles. The van der Waals surface area contributed by atoms with Crippen LogP contribution in [-0.2, 0) is 4.74 Å². The van der Waals surface area contributed by atoms with Crippen LogP contribution in [0.3, 0.4) is 0 Å². The average molecular weight is 217 g/mol. The summed E-state index contributed by atoms with van der Waals surface area (Å²) in [7, 11) is 0. The fraction of sp³-hybridized carbons (Fsp3) is 0.250. The van der Waals surface area contributed by atoms with Crippen LogP contribution in [0.2, 0.25) is 0 Å². The predicted octanol–water partition coefficient (Wildman–Crippen LogP) is 1.86. The van der Waals surface area contributed by atoms with E-state index in [0.717, 1.165) is 5.56 Å². The Morgan fingerprint density at radius 2 is 2.25 bits per heavy atom. The standard InChI is InChI=1S/C12H11NO3/c1-3-16-12(15)10-5-8(2)4-9(7-14)11(10)6-13/h4-5,7H,3H2,1-2H3. The number of benzene rings is 1. The summed E-state index contributed by atoms with van der Waals surface area (Å²) in [5, 5.41) is 8.92. The number of nitrogens with zero attached hydrogens (tertiary/aromatic N) is 1. The lowest BCUT2D eigenvalue weighted by molar-refractivity contribution is 0.0526. The molecule has 0 saturated heterocycles. The predicted molar refractivity (Wildman–Crippen MR) is 57.2 cm³/mol. The van der Waals surface area contributed by atoms with Crippen LogP contribution in [0.15, 0.2) is 12.1 Å². The van der Waals surface area contributed by atoms with Gasteiger partial charge in [-0.2, -0.15) is 5.26 Å². The molecule has 0 aliphatic carbocycles. The molecule has 16 heavy (non-hydrogen) atoms. The SMILES string of the molecule is CCOC(=O)c1cc(C)cc(C=O)c1C#N. The van der Waals surface area contributed by atoms with Gasteiger partial charge in [0.15, 0.2) is 6.29 Å². The second-order valence-electron chi connectivity index (χ2n) is 3.23. The Bertz CT molecular complexity index is 472. The third-order valence-corrected chi connectivity index (χ3v) is 2.05. The van der Waals surface area contributed by atoms with E-state index in [1.807, 2.05) is 6.07 Å². The average Bonchev–Trinajstić information content (AvgIpc) is 2.28. The molecule has 82 valence electrons. The van der Waals surface area contributed by atoms with Crippen LogP contribution in [0.4, 0.5) is 0 Å². The maximum atomic E-state index is 11.6. The van der Waals surface area contributed by atoms with Gasteiger partial charge >= 0.3 is 5.97 Å². The minimum absolute atomic E-state index is 0.0686. The zero-order valence-corrected chi connectivity index (χ0v) is 9.11. The number of hydrogen-bond donors (Lipinski definition) is 0. The smallest absolute Gasteiger partial charge is 0.339 e. The van der Waals surface area contributed by atoms with Gasteiger partial charge in [0.1, 0.15) is 6.07 Å². The molecule has 0 amide bonds. The van der Waals surface area contributed by atoms with Crippen molar-refractivity contribution in [2.75, 3.05) is 6.61 Å². The highest BCUT2D eigenvalue weighted by Gasteiger charge is 2.16. The van der Waals surface area contributed by atoms with Gasteiger partial charge in [0.25, 0.3) is 0 Å². The van der Waals surface area contributed by atoms with Gasteiger partial charge < -0.3 is 4.74 Å². The van der Waals surface area contributed by atoms with Gasteiger partial charge in [-0.15, -0.1) is 0 Å². The summed E-state index contributed by atoms with van der Waals surface area (Å²) in [6.07, 6.45) is 0.564. The molecule has 1 aromatic carbocycles. The molecule has 0 unspecified atom stereocenters. The molecule has 0 fully saturated rings. The fourth-order valence-electron chi connectivity index (χ4n) is 1.40. The molecule has 0 heterocycles. The number of hydrogen-bond acceptors (Lipinski definition) is 4. The van der Waals surface area contributed by atoms with E-state index in [1.165, 1.54) is 0 Å². The lowest BCUT2D eigenvalue weighted by Crippen LogP contribution is -2.09. The number of rotatable bonds is 3. The van der Waals surface area contributed by atoms with Gasteiger partial charge in [-0.25, -0.2) is 4.79 Å². The van der Waals surface area contributed by atoms with E-state index in [1.54, 1.807) is 26.0 Å². The molecule has 0 aliphatic rings. The molecule has 1 rings (SSSR count). The highest BCUT2D eigenvalue weighted by atomic mass is 16.5. The monoisotopic (exact) mass is 217 g/mol. The van der Waals surface area contributed by atoms with Crippen molar-refractivity contribution >= 4 is 12.3 Å². The van der Waals surface area contributed by atoms with Crippen molar-refractivity contribution in [1.29, 1.82) is 5.26 Å². The molecular formula is C12H11NO3. The van der Waals surface area contributed by atoms with Crippen molar-refractivity contribution in [3.63, 3.8) is 0 Å². The number of aldehydes is 1. The van der Waals surface area contributed by atoms with Crippen LogP contribution in [0, 0.1) is 18.3 Å². The fourth-order valence-corrected chi connectivity index (χ4v) is 1.40. The summed E-state index contributed by atoms with van der Waals surface area (Å²) >= 11 is 0. The van der Waals surface area contributed by atoms with Gasteiger partial charge in [0.2, 0.25) is 0 Å². The van der Waals surface area contributed by atoms with Crippen LogP contribution >= 0.6 is 0 Å². The summed E-state index contributed by atoms with van der Waals surface area (Å²) in [6.45, 7) is 3.66. The number of esters is 1. The van der Waals surface area contributed by atoms with E-state index in [0.29, 0.717) is 6.29 Å². The molecular weight excluding hydrogens is 206 g/mol. The molecule has 4 heteroatoms. The van der Waals surface area contributed by atoms with Crippen molar-refractivity contribution in [2.45, 2.75) is 13.8 Å². The number of carbonyl (C=O) groups is 2. The lowest BCUT2D eigenvalue weighted by atomic mass is 9.99. The second-order valence-corrected chi connectivity index (χ2v) is 3.23. The van der Waals surface area contributed by atoms with Gasteiger partial charge in [0.05, 0.1) is 17.7 Å². The number of ether oxygens (including phenoxy) is 1. The van der Waals surface area contributed by atoms with E-state index in [2.05, 4.69) is 0 Å². The first-order chi connectivity index (χ1) is 7.63. The molecule has 0 bridgehead atoms. The summed E-state index contributed by atoms with van der Waals surface area (Å²) < 4.78 is 4.82. The number of carbonyl (C=O) groups excluding carboxylic acids is 2. The highest BCUT2D eigenvalue weighted by Crippen LogP contribution is 2.16. The number of aryl methyl sites for hydroxylation is 1. The summed E-state index contributed by atoms with van der Waals surface area (Å²) in [5.41, 5.74) is 1.17. The maximum absolute atomic E-state index is 11.6. The van der Waals surface area contributed by atoms with Crippen molar-refractivity contribution in [2.24, 2.45) is 0 Å². The first-order valence-electron chi connectivity index (χ1n) is 4.81. The molecule has 0 radical (unpaired) electrons. The number of nitriles is 1. The summed E-state index contributed by atoms with van der Waals surface area (Å²) in [5.74, 6) is -0.578. The normalized spacial score (nSPS) is 9.31. The second kappa shape index (κ2) is 5.08. The summed E-state index contributed by atoms with van der Waals surface area (Å²) in [6, 6.07) is 4.96. The first-order valence-corrected chi connectivity index (χ1v) is 4.81. The van der Waals surface area contributed by atoms with E-state index in [9.17, 15) is 9.59 Å². The molecule has 4 nitrogen and oxygen atoms in total. The highest BCUT2D eigenvalue weighted by molar-refractivity contribution is 5.96. The van der Waals surface area contributed by atoms with Crippen molar-refractivity contribution < 1.29 is 14.3 Å². The maximum Gasteiger partial charge on any atom is 0.339 e. The van der Waals surface area contributed by atoms with E-state index in [-0.39, 0.29) is 23.3 Å². The molecule has 0 aliphatic heterocycles. The van der Waals surface area contributed by atoms with E-state index >= 15 is 0 Å². The van der Waals surface area contributed by atoms with E-state index in [4.69, 9.17) is 10.00 Å². The largest absolute Gasteiger partial charge is 0.462 e. The Labute approximate surface area is 93.5 Å². The zero-order valence-electron chi connectivity index (χ0n) is 9.11. The Morgan fingerprint density at radius 1 is 1.56 bits per heavy atom. The van der Waals surface area contributed by atoms with Crippen LogP contribution in [0.5, 0.6) is 0 Å². The Kier molecular flexibility index (Phi) is 3.78. The third-order valence-electron chi connectivity index (χ3n) is 2.05. The van der Waals surface area contributed by atoms with E-state index < -0.39 is 5.97 Å². The zero-order chi connectivity index (χ0) is 12.1. The Morgan fingerprint density at radius 3 is 2.75 bits per heavy atom. The molecule has 1 aromatic rings.